The Bertz CT molecular complexity index is 829. The number of nitrogens with one attached hydrogen (secondary N) is 1. The first-order valence-electron chi connectivity index (χ1n) is 8.76. The number of Topliss-reactive ketones (excluding diaryl/α,β-unsaturated/α-hetero) is 1. The molecule has 1 aliphatic carbocycles. The van der Waals surface area contributed by atoms with Crippen LogP contribution in [0.25, 0.3) is 0 Å². The van der Waals surface area contributed by atoms with Crippen molar-refractivity contribution in [2.45, 2.75) is 38.1 Å². The van der Waals surface area contributed by atoms with Crippen molar-refractivity contribution in [3.05, 3.63) is 70.8 Å². The number of aryl methyl sites for hydroxylation is 2. The Kier molecular flexibility index (Phi) is 5.46. The lowest BCUT2D eigenvalue weighted by atomic mass is 10.0. The average Bonchev–Trinajstić information content (AvgIpc) is 3.12. The minimum absolute atomic E-state index is 0.0352. The zero-order valence-corrected chi connectivity index (χ0v) is 14.4. The molecule has 1 amide bonds. The van der Waals surface area contributed by atoms with Crippen LogP contribution in [0.2, 0.25) is 0 Å². The van der Waals surface area contributed by atoms with Gasteiger partial charge in [0.2, 0.25) is 5.91 Å². The maximum Gasteiger partial charge on any atom is 0.330 e. The number of carboxylic acid groups (broad SMARTS) is 1. The predicted octanol–water partition coefficient (Wildman–Crippen LogP) is 3.08. The molecule has 134 valence electrons. The van der Waals surface area contributed by atoms with Gasteiger partial charge in [0.25, 0.3) is 0 Å². The molecule has 0 spiro atoms. The molecule has 0 unspecified atom stereocenters. The largest absolute Gasteiger partial charge is 0.479 e. The minimum Gasteiger partial charge on any atom is -0.479 e. The SMILES string of the molecule is O=C(CCC(=O)c1ccc2c(c1)CCC2)N[C@H](C(=O)O)c1ccccc1. The predicted molar refractivity (Wildman–Crippen MR) is 97.0 cm³/mol. The summed E-state index contributed by atoms with van der Waals surface area (Å²) in [6, 6.07) is 13.1. The second kappa shape index (κ2) is 7.95. The van der Waals surface area contributed by atoms with Gasteiger partial charge in [0, 0.05) is 18.4 Å². The van der Waals surface area contributed by atoms with Crippen LogP contribution >= 0.6 is 0 Å². The molecule has 1 atom stereocenters. The summed E-state index contributed by atoms with van der Waals surface area (Å²) in [6.45, 7) is 0. The Morgan fingerprint density at radius 3 is 2.42 bits per heavy atom. The molecule has 3 rings (SSSR count). The van der Waals surface area contributed by atoms with Crippen LogP contribution in [0.3, 0.4) is 0 Å². The van der Waals surface area contributed by atoms with Gasteiger partial charge in [0.15, 0.2) is 11.8 Å². The van der Waals surface area contributed by atoms with Gasteiger partial charge in [-0.3, -0.25) is 9.59 Å². The van der Waals surface area contributed by atoms with Crippen LogP contribution < -0.4 is 5.32 Å². The highest BCUT2D eigenvalue weighted by Gasteiger charge is 2.22. The van der Waals surface area contributed by atoms with E-state index in [0.717, 1.165) is 19.3 Å². The summed E-state index contributed by atoms with van der Waals surface area (Å²) >= 11 is 0. The number of carbonyl (C=O) groups excluding carboxylic acids is 2. The Morgan fingerprint density at radius 1 is 0.962 bits per heavy atom. The summed E-state index contributed by atoms with van der Waals surface area (Å²) in [5.74, 6) is -1.67. The molecule has 26 heavy (non-hydrogen) atoms. The number of aliphatic carboxylic acids is 1. The van der Waals surface area contributed by atoms with Crippen molar-refractivity contribution < 1.29 is 19.5 Å². The summed E-state index contributed by atoms with van der Waals surface area (Å²) in [6.07, 6.45) is 3.19. The highest BCUT2D eigenvalue weighted by molar-refractivity contribution is 5.98. The minimum atomic E-state index is -1.13. The van der Waals surface area contributed by atoms with Crippen LogP contribution in [0, 0.1) is 0 Å². The number of carboxylic acids is 1. The van der Waals surface area contributed by atoms with Gasteiger partial charge in [-0.2, -0.15) is 0 Å². The van der Waals surface area contributed by atoms with Gasteiger partial charge in [0.1, 0.15) is 0 Å². The van der Waals surface area contributed by atoms with Crippen molar-refractivity contribution in [2.24, 2.45) is 0 Å². The molecule has 0 heterocycles. The normalized spacial score (nSPS) is 13.7. The lowest BCUT2D eigenvalue weighted by Gasteiger charge is -2.14. The molecule has 0 saturated heterocycles. The monoisotopic (exact) mass is 351 g/mol. The van der Waals surface area contributed by atoms with Crippen molar-refractivity contribution in [3.63, 3.8) is 0 Å². The first-order chi connectivity index (χ1) is 12.5. The summed E-state index contributed by atoms with van der Waals surface area (Å²) in [5, 5.41) is 11.8. The second-order valence-electron chi connectivity index (χ2n) is 6.51. The van der Waals surface area contributed by atoms with Crippen LogP contribution in [-0.4, -0.2) is 22.8 Å². The lowest BCUT2D eigenvalue weighted by molar-refractivity contribution is -0.142. The lowest BCUT2D eigenvalue weighted by Crippen LogP contribution is -2.33. The molecule has 2 aromatic carbocycles. The Balaban J connectivity index is 1.58. The zero-order valence-electron chi connectivity index (χ0n) is 14.4. The quantitative estimate of drug-likeness (QED) is 0.751. The van der Waals surface area contributed by atoms with Crippen molar-refractivity contribution in [1.82, 2.24) is 5.32 Å². The molecule has 0 radical (unpaired) electrons. The maximum absolute atomic E-state index is 12.3. The topological polar surface area (TPSA) is 83.5 Å². The molecule has 0 saturated carbocycles. The summed E-state index contributed by atoms with van der Waals surface area (Å²) < 4.78 is 0. The number of amides is 1. The Labute approximate surface area is 152 Å². The van der Waals surface area contributed by atoms with Gasteiger partial charge < -0.3 is 10.4 Å². The number of ketones is 1. The van der Waals surface area contributed by atoms with E-state index in [1.54, 1.807) is 30.3 Å². The maximum atomic E-state index is 12.3. The van der Waals surface area contributed by atoms with E-state index in [-0.39, 0.29) is 18.6 Å². The highest BCUT2D eigenvalue weighted by atomic mass is 16.4. The molecule has 5 heteroatoms. The molecule has 2 N–H and O–H groups in total. The fourth-order valence-electron chi connectivity index (χ4n) is 3.28. The number of hydrogen-bond donors (Lipinski definition) is 2. The summed E-state index contributed by atoms with van der Waals surface area (Å²) in [5.41, 5.74) is 3.64. The highest BCUT2D eigenvalue weighted by Crippen LogP contribution is 2.23. The number of hydrogen-bond acceptors (Lipinski definition) is 3. The molecule has 0 aromatic heterocycles. The van der Waals surface area contributed by atoms with Crippen LogP contribution in [-0.2, 0) is 22.4 Å². The smallest absolute Gasteiger partial charge is 0.330 e. The van der Waals surface area contributed by atoms with Gasteiger partial charge in [-0.25, -0.2) is 4.79 Å². The van der Waals surface area contributed by atoms with Crippen molar-refractivity contribution in [3.8, 4) is 0 Å². The second-order valence-corrected chi connectivity index (χ2v) is 6.51. The first kappa shape index (κ1) is 17.9. The number of carbonyl (C=O) groups is 3. The fraction of sp³-hybridized carbons (Fsp3) is 0.286. The molecular weight excluding hydrogens is 330 g/mol. The van der Waals surface area contributed by atoms with E-state index in [9.17, 15) is 19.5 Å². The third-order valence-electron chi connectivity index (χ3n) is 4.68. The van der Waals surface area contributed by atoms with E-state index in [4.69, 9.17) is 0 Å². The number of benzene rings is 2. The molecule has 0 fully saturated rings. The van der Waals surface area contributed by atoms with E-state index < -0.39 is 17.9 Å². The van der Waals surface area contributed by atoms with Crippen molar-refractivity contribution in [1.29, 1.82) is 0 Å². The number of rotatable bonds is 7. The van der Waals surface area contributed by atoms with Gasteiger partial charge in [-0.05, 0) is 42.0 Å². The van der Waals surface area contributed by atoms with Gasteiger partial charge in [-0.1, -0.05) is 42.5 Å². The van der Waals surface area contributed by atoms with Gasteiger partial charge >= 0.3 is 5.97 Å². The van der Waals surface area contributed by atoms with Crippen molar-refractivity contribution >= 4 is 17.7 Å². The van der Waals surface area contributed by atoms with E-state index >= 15 is 0 Å². The molecular formula is C21H21NO4. The van der Waals surface area contributed by atoms with Crippen molar-refractivity contribution in [2.75, 3.05) is 0 Å². The fourth-order valence-corrected chi connectivity index (χ4v) is 3.28. The first-order valence-corrected chi connectivity index (χ1v) is 8.76. The van der Waals surface area contributed by atoms with Crippen LogP contribution in [0.1, 0.15) is 52.4 Å². The molecule has 0 aliphatic heterocycles. The molecule has 5 nitrogen and oxygen atoms in total. The van der Waals surface area contributed by atoms with Crippen LogP contribution in [0.15, 0.2) is 48.5 Å². The zero-order chi connectivity index (χ0) is 18.5. The molecule has 1 aliphatic rings. The summed E-state index contributed by atoms with van der Waals surface area (Å²) in [7, 11) is 0. The number of fused-ring (bicyclic) bond motifs is 1. The Hall–Kier alpha value is -2.95. The molecule has 0 bridgehead atoms. The van der Waals surface area contributed by atoms with Crippen LogP contribution in [0.5, 0.6) is 0 Å². The third kappa shape index (κ3) is 4.17. The average molecular weight is 351 g/mol. The Morgan fingerprint density at radius 2 is 1.69 bits per heavy atom. The summed E-state index contributed by atoms with van der Waals surface area (Å²) in [4.78, 5) is 35.9. The third-order valence-corrected chi connectivity index (χ3v) is 4.68. The van der Waals surface area contributed by atoms with Gasteiger partial charge in [-0.15, -0.1) is 0 Å². The van der Waals surface area contributed by atoms with E-state index in [1.165, 1.54) is 11.1 Å². The standard InChI is InChI=1S/C21H21NO4/c23-18(17-10-9-14-7-4-8-16(14)13-17)11-12-19(24)22-20(21(25)26)15-5-2-1-3-6-15/h1-3,5-6,9-10,13,20H,4,7-8,11-12H2,(H,22,24)(H,25,26)/t20-/m0/s1. The van der Waals surface area contributed by atoms with E-state index in [2.05, 4.69) is 5.32 Å². The van der Waals surface area contributed by atoms with E-state index in [1.807, 2.05) is 18.2 Å². The van der Waals surface area contributed by atoms with Crippen LogP contribution in [0.4, 0.5) is 0 Å². The van der Waals surface area contributed by atoms with E-state index in [0.29, 0.717) is 11.1 Å². The van der Waals surface area contributed by atoms with Gasteiger partial charge in [0.05, 0.1) is 0 Å². The molecule has 2 aromatic rings.